The minimum absolute atomic E-state index is 0.152. The van der Waals surface area contributed by atoms with Crippen LogP contribution >= 0.6 is 0 Å². The highest BCUT2D eigenvalue weighted by molar-refractivity contribution is 6.06. The van der Waals surface area contributed by atoms with Crippen molar-refractivity contribution in [2.75, 3.05) is 6.54 Å². The zero-order chi connectivity index (χ0) is 22.7. The molecule has 7 rings (SSSR count). The van der Waals surface area contributed by atoms with E-state index < -0.39 is 0 Å². The number of fused-ring (bicyclic) bond motifs is 7. The standard InChI is InChI=1S/C31H24N2O/c1-31(24-12-4-2-11-23(24)26-13-6-8-18-32-26)20-33-19-9-7-14-27(33)29-25(31)17-16-22-21-10-3-5-15-28(21)34-30(22)29/h2-19,27H,20H2,1H3. The van der Waals surface area contributed by atoms with Crippen LogP contribution in [0.5, 0.6) is 0 Å². The van der Waals surface area contributed by atoms with Gasteiger partial charge in [-0.2, -0.15) is 0 Å². The molecule has 2 aromatic heterocycles. The molecule has 5 aromatic rings. The Kier molecular flexibility index (Phi) is 4.10. The van der Waals surface area contributed by atoms with Gasteiger partial charge in [0.05, 0.1) is 11.7 Å². The summed E-state index contributed by atoms with van der Waals surface area (Å²) in [4.78, 5) is 7.14. The summed E-state index contributed by atoms with van der Waals surface area (Å²) in [5.74, 6) is 0. The van der Waals surface area contributed by atoms with Crippen molar-refractivity contribution in [3.63, 3.8) is 0 Å². The SMILES string of the molecule is CC1(c2ccccc2-c2ccccn2)CN2C=CC=CC2c2c1ccc1c2oc2ccccc21. The first-order valence-corrected chi connectivity index (χ1v) is 11.8. The van der Waals surface area contributed by atoms with Crippen molar-refractivity contribution < 1.29 is 4.42 Å². The predicted molar refractivity (Wildman–Crippen MR) is 138 cm³/mol. The number of rotatable bonds is 2. The molecule has 0 radical (unpaired) electrons. The van der Waals surface area contributed by atoms with Crippen LogP contribution in [0.25, 0.3) is 33.2 Å². The number of hydrogen-bond acceptors (Lipinski definition) is 3. The molecule has 0 bridgehead atoms. The Bertz CT molecular complexity index is 1610. The molecule has 0 aliphatic carbocycles. The lowest BCUT2D eigenvalue weighted by molar-refractivity contribution is 0.244. The Morgan fingerprint density at radius 1 is 0.853 bits per heavy atom. The van der Waals surface area contributed by atoms with E-state index >= 15 is 0 Å². The number of para-hydroxylation sites is 1. The summed E-state index contributed by atoms with van der Waals surface area (Å²) in [6.07, 6.45) is 10.7. The summed E-state index contributed by atoms with van der Waals surface area (Å²) >= 11 is 0. The molecule has 2 atom stereocenters. The molecule has 0 saturated heterocycles. The van der Waals surface area contributed by atoms with Crippen molar-refractivity contribution in [3.8, 4) is 11.3 Å². The first kappa shape index (κ1) is 19.4. The number of aromatic nitrogens is 1. The van der Waals surface area contributed by atoms with Crippen molar-refractivity contribution >= 4 is 21.9 Å². The molecule has 3 aromatic carbocycles. The molecule has 2 unspecified atom stereocenters. The van der Waals surface area contributed by atoms with Gasteiger partial charge in [0.2, 0.25) is 0 Å². The molecule has 0 saturated carbocycles. The molecule has 34 heavy (non-hydrogen) atoms. The summed E-state index contributed by atoms with van der Waals surface area (Å²) in [6.45, 7) is 3.24. The second-order valence-electron chi connectivity index (χ2n) is 9.44. The summed E-state index contributed by atoms with van der Waals surface area (Å²) in [5.41, 5.74) is 7.74. The maximum Gasteiger partial charge on any atom is 0.141 e. The van der Waals surface area contributed by atoms with Gasteiger partial charge in [0, 0.05) is 40.1 Å². The Balaban J connectivity index is 1.55. The Morgan fingerprint density at radius 2 is 1.71 bits per heavy atom. The van der Waals surface area contributed by atoms with E-state index in [9.17, 15) is 0 Å². The Morgan fingerprint density at radius 3 is 2.62 bits per heavy atom. The normalized spacial score (nSPS) is 21.1. The molecule has 0 spiro atoms. The van der Waals surface area contributed by atoms with E-state index in [-0.39, 0.29) is 11.5 Å². The van der Waals surface area contributed by atoms with Gasteiger partial charge in [-0.3, -0.25) is 4.98 Å². The predicted octanol–water partition coefficient (Wildman–Crippen LogP) is 7.39. The van der Waals surface area contributed by atoms with E-state index in [2.05, 4.69) is 103 Å². The van der Waals surface area contributed by atoms with Gasteiger partial charge in [0.15, 0.2) is 0 Å². The molecular weight excluding hydrogens is 416 g/mol. The topological polar surface area (TPSA) is 29.3 Å². The first-order chi connectivity index (χ1) is 16.7. The van der Waals surface area contributed by atoms with Crippen molar-refractivity contribution in [2.45, 2.75) is 18.4 Å². The van der Waals surface area contributed by atoms with Gasteiger partial charge in [0.1, 0.15) is 11.2 Å². The monoisotopic (exact) mass is 440 g/mol. The van der Waals surface area contributed by atoms with Crippen molar-refractivity contribution in [3.05, 3.63) is 126 Å². The van der Waals surface area contributed by atoms with Gasteiger partial charge < -0.3 is 9.32 Å². The largest absolute Gasteiger partial charge is 0.456 e. The average molecular weight is 441 g/mol. The number of nitrogens with zero attached hydrogens (tertiary/aromatic N) is 2. The van der Waals surface area contributed by atoms with Crippen molar-refractivity contribution in [2.24, 2.45) is 0 Å². The zero-order valence-corrected chi connectivity index (χ0v) is 19.0. The van der Waals surface area contributed by atoms with E-state index in [0.29, 0.717) is 0 Å². The summed E-state index contributed by atoms with van der Waals surface area (Å²) in [7, 11) is 0. The van der Waals surface area contributed by atoms with Crippen LogP contribution in [-0.2, 0) is 5.41 Å². The fraction of sp³-hybridized carbons (Fsp3) is 0.129. The van der Waals surface area contributed by atoms with Gasteiger partial charge in [-0.1, -0.05) is 72.8 Å². The van der Waals surface area contributed by atoms with E-state index in [4.69, 9.17) is 9.40 Å². The molecule has 2 aliphatic heterocycles. The van der Waals surface area contributed by atoms with Gasteiger partial charge in [-0.25, -0.2) is 0 Å². The lowest BCUT2D eigenvalue weighted by atomic mass is 9.68. The van der Waals surface area contributed by atoms with Crippen LogP contribution < -0.4 is 0 Å². The van der Waals surface area contributed by atoms with Gasteiger partial charge in [-0.15, -0.1) is 0 Å². The minimum atomic E-state index is -0.247. The lowest BCUT2D eigenvalue weighted by Gasteiger charge is -2.47. The van der Waals surface area contributed by atoms with Gasteiger partial charge >= 0.3 is 0 Å². The molecule has 0 amide bonds. The Hall–Kier alpha value is -4.11. The highest BCUT2D eigenvalue weighted by Gasteiger charge is 2.43. The number of hydrogen-bond donors (Lipinski definition) is 0. The lowest BCUT2D eigenvalue weighted by Crippen LogP contribution is -2.45. The van der Waals surface area contributed by atoms with Crippen LogP contribution in [0.15, 0.2) is 114 Å². The summed E-state index contributed by atoms with van der Waals surface area (Å²) in [6, 6.07) is 27.9. The molecule has 0 fully saturated rings. The smallest absolute Gasteiger partial charge is 0.141 e. The highest BCUT2D eigenvalue weighted by Crippen LogP contribution is 2.50. The van der Waals surface area contributed by atoms with Crippen molar-refractivity contribution in [1.29, 1.82) is 0 Å². The molecule has 4 heterocycles. The fourth-order valence-corrected chi connectivity index (χ4v) is 5.92. The van der Waals surface area contributed by atoms with E-state index in [1.807, 2.05) is 18.3 Å². The van der Waals surface area contributed by atoms with Gasteiger partial charge in [-0.05, 0) is 48.5 Å². The number of benzene rings is 3. The average Bonchev–Trinajstić information content (AvgIpc) is 3.28. The molecule has 164 valence electrons. The summed E-state index contributed by atoms with van der Waals surface area (Å²) in [5, 5.41) is 2.35. The third-order valence-electron chi connectivity index (χ3n) is 7.48. The second kappa shape index (κ2) is 7.19. The molecule has 3 heteroatoms. The molecular formula is C31H24N2O. The molecule has 2 aliphatic rings. The minimum Gasteiger partial charge on any atom is -0.456 e. The second-order valence-corrected chi connectivity index (χ2v) is 9.44. The van der Waals surface area contributed by atoms with E-state index in [1.54, 1.807) is 0 Å². The van der Waals surface area contributed by atoms with Crippen LogP contribution in [0, 0.1) is 0 Å². The number of pyridine rings is 1. The van der Waals surface area contributed by atoms with E-state index in [1.165, 1.54) is 33.0 Å². The van der Waals surface area contributed by atoms with Crippen LogP contribution in [-0.4, -0.2) is 16.4 Å². The number of furan rings is 1. The first-order valence-electron chi connectivity index (χ1n) is 11.8. The fourth-order valence-electron chi connectivity index (χ4n) is 5.92. The third kappa shape index (κ3) is 2.67. The Labute approximate surface area is 198 Å². The molecule has 0 N–H and O–H groups in total. The maximum absolute atomic E-state index is 6.55. The summed E-state index contributed by atoms with van der Waals surface area (Å²) < 4.78 is 6.55. The van der Waals surface area contributed by atoms with Crippen LogP contribution in [0.1, 0.15) is 29.7 Å². The van der Waals surface area contributed by atoms with E-state index in [0.717, 1.165) is 23.4 Å². The van der Waals surface area contributed by atoms with Crippen LogP contribution in [0.2, 0.25) is 0 Å². The quantitative estimate of drug-likeness (QED) is 0.286. The third-order valence-corrected chi connectivity index (χ3v) is 7.48. The van der Waals surface area contributed by atoms with Crippen LogP contribution in [0.4, 0.5) is 0 Å². The van der Waals surface area contributed by atoms with Gasteiger partial charge in [0.25, 0.3) is 0 Å². The van der Waals surface area contributed by atoms with Crippen molar-refractivity contribution in [1.82, 2.24) is 9.88 Å². The maximum atomic E-state index is 6.55. The van der Waals surface area contributed by atoms with Crippen LogP contribution in [0.3, 0.4) is 0 Å². The molecule has 3 nitrogen and oxygen atoms in total. The zero-order valence-electron chi connectivity index (χ0n) is 19.0. The highest BCUT2D eigenvalue weighted by atomic mass is 16.3. The number of allylic oxidation sites excluding steroid dienone is 2.